The van der Waals surface area contributed by atoms with Gasteiger partial charge in [0.1, 0.15) is 5.75 Å². The molecule has 3 N–H and O–H groups in total. The minimum Gasteiger partial charge on any atom is -0.496 e. The van der Waals surface area contributed by atoms with Crippen LogP contribution in [0.25, 0.3) is 0 Å². The minimum atomic E-state index is -1.32. The summed E-state index contributed by atoms with van der Waals surface area (Å²) in [6, 6.07) is 5.65. The Labute approximate surface area is 111 Å². The van der Waals surface area contributed by atoms with Gasteiger partial charge in [0.25, 0.3) is 0 Å². The van der Waals surface area contributed by atoms with E-state index in [9.17, 15) is 14.7 Å². The van der Waals surface area contributed by atoms with Gasteiger partial charge in [0.2, 0.25) is 5.91 Å². The number of carboxylic acid groups (broad SMARTS) is 1. The number of hydrogen-bond acceptors (Lipinski definition) is 4. The quantitative estimate of drug-likeness (QED) is 0.683. The van der Waals surface area contributed by atoms with E-state index in [-0.39, 0.29) is 6.42 Å². The lowest BCUT2D eigenvalue weighted by atomic mass is 10.1. The lowest BCUT2D eigenvalue weighted by Gasteiger charge is -2.17. The second-order valence-electron chi connectivity index (χ2n) is 4.11. The van der Waals surface area contributed by atoms with Crippen LogP contribution >= 0.6 is 0 Å². The lowest BCUT2D eigenvalue weighted by molar-refractivity contribution is -0.144. The Morgan fingerprint density at radius 3 is 2.53 bits per heavy atom. The molecule has 2 unspecified atom stereocenters. The van der Waals surface area contributed by atoms with Crippen LogP contribution in [0.5, 0.6) is 5.75 Å². The summed E-state index contributed by atoms with van der Waals surface area (Å²) in [6.45, 7) is 1.31. The fraction of sp³-hybridized carbons (Fsp3) is 0.385. The van der Waals surface area contributed by atoms with Crippen molar-refractivity contribution >= 4 is 11.9 Å². The van der Waals surface area contributed by atoms with E-state index in [1.165, 1.54) is 14.0 Å². The third kappa shape index (κ3) is 4.26. The topological polar surface area (TPSA) is 95.9 Å². The minimum absolute atomic E-state index is 0.0134. The molecule has 0 aromatic heterocycles. The van der Waals surface area contributed by atoms with Crippen molar-refractivity contribution in [3.63, 3.8) is 0 Å². The normalized spacial score (nSPS) is 13.4. The van der Waals surface area contributed by atoms with Gasteiger partial charge in [0.05, 0.1) is 19.6 Å². The number of ether oxygens (including phenoxy) is 1. The summed E-state index contributed by atoms with van der Waals surface area (Å²) in [5, 5.41) is 20.4. The number of aliphatic hydroxyl groups is 1. The van der Waals surface area contributed by atoms with E-state index in [1.54, 1.807) is 24.3 Å². The second kappa shape index (κ2) is 6.75. The number of para-hydroxylation sites is 1. The highest BCUT2D eigenvalue weighted by Gasteiger charge is 2.25. The Bertz CT molecular complexity index is 458. The fourth-order valence-electron chi connectivity index (χ4n) is 1.64. The zero-order valence-corrected chi connectivity index (χ0v) is 10.8. The number of hydrogen-bond donors (Lipinski definition) is 3. The van der Waals surface area contributed by atoms with Crippen LogP contribution in [-0.2, 0) is 16.0 Å². The number of benzene rings is 1. The standard InChI is InChI=1S/C13H17NO5/c1-8(15)12(13(17)18)14-11(16)7-9-5-3-4-6-10(9)19-2/h3-6,8,12,15H,7H2,1-2H3,(H,14,16)(H,17,18). The third-order valence-electron chi connectivity index (χ3n) is 2.61. The van der Waals surface area contributed by atoms with Gasteiger partial charge >= 0.3 is 5.97 Å². The van der Waals surface area contributed by atoms with Crippen LogP contribution in [0.4, 0.5) is 0 Å². The number of rotatable bonds is 6. The third-order valence-corrected chi connectivity index (χ3v) is 2.61. The molecule has 0 saturated carbocycles. The van der Waals surface area contributed by atoms with E-state index in [0.29, 0.717) is 11.3 Å². The van der Waals surface area contributed by atoms with E-state index in [1.807, 2.05) is 0 Å². The molecule has 104 valence electrons. The summed E-state index contributed by atoms with van der Waals surface area (Å²) in [4.78, 5) is 22.6. The lowest BCUT2D eigenvalue weighted by Crippen LogP contribution is -2.48. The Morgan fingerprint density at radius 1 is 1.37 bits per heavy atom. The first-order valence-electron chi connectivity index (χ1n) is 5.77. The van der Waals surface area contributed by atoms with Gasteiger partial charge in [-0.1, -0.05) is 18.2 Å². The van der Waals surface area contributed by atoms with Crippen molar-refractivity contribution in [1.29, 1.82) is 0 Å². The Morgan fingerprint density at radius 2 is 2.00 bits per heavy atom. The Hall–Kier alpha value is -2.08. The van der Waals surface area contributed by atoms with Crippen molar-refractivity contribution in [2.45, 2.75) is 25.5 Å². The molecule has 0 radical (unpaired) electrons. The molecule has 0 saturated heterocycles. The van der Waals surface area contributed by atoms with Crippen molar-refractivity contribution < 1.29 is 24.5 Å². The van der Waals surface area contributed by atoms with E-state index < -0.39 is 24.0 Å². The molecule has 6 nitrogen and oxygen atoms in total. The molecule has 0 aliphatic rings. The number of methoxy groups -OCH3 is 1. The van der Waals surface area contributed by atoms with Crippen molar-refractivity contribution in [3.8, 4) is 5.75 Å². The molecule has 0 aliphatic carbocycles. The number of carbonyl (C=O) groups excluding carboxylic acids is 1. The summed E-state index contributed by atoms with van der Waals surface area (Å²) in [6.07, 6.45) is -1.18. The molecule has 19 heavy (non-hydrogen) atoms. The monoisotopic (exact) mass is 267 g/mol. The number of amides is 1. The molecule has 0 heterocycles. The van der Waals surface area contributed by atoms with Crippen LogP contribution in [0.2, 0.25) is 0 Å². The van der Waals surface area contributed by atoms with Gasteiger partial charge in [-0.2, -0.15) is 0 Å². The van der Waals surface area contributed by atoms with E-state index >= 15 is 0 Å². The van der Waals surface area contributed by atoms with Crippen LogP contribution in [-0.4, -0.2) is 41.3 Å². The van der Waals surface area contributed by atoms with Gasteiger partial charge in [-0.05, 0) is 13.0 Å². The highest BCUT2D eigenvalue weighted by atomic mass is 16.5. The zero-order chi connectivity index (χ0) is 14.4. The summed E-state index contributed by atoms with van der Waals surface area (Å²) in [7, 11) is 1.49. The Balaban J connectivity index is 2.72. The summed E-state index contributed by atoms with van der Waals surface area (Å²) in [5.74, 6) is -1.21. The number of nitrogens with one attached hydrogen (secondary N) is 1. The first-order valence-corrected chi connectivity index (χ1v) is 5.77. The molecule has 0 fully saturated rings. The van der Waals surface area contributed by atoms with Gasteiger partial charge in [0, 0.05) is 5.56 Å². The van der Waals surface area contributed by atoms with Gasteiger partial charge in [-0.3, -0.25) is 4.79 Å². The smallest absolute Gasteiger partial charge is 0.328 e. The molecule has 1 aromatic rings. The van der Waals surface area contributed by atoms with Crippen molar-refractivity contribution in [2.24, 2.45) is 0 Å². The molecule has 6 heteroatoms. The number of carbonyl (C=O) groups is 2. The van der Waals surface area contributed by atoms with E-state index in [4.69, 9.17) is 9.84 Å². The van der Waals surface area contributed by atoms with Crippen LogP contribution in [0.3, 0.4) is 0 Å². The second-order valence-corrected chi connectivity index (χ2v) is 4.11. The van der Waals surface area contributed by atoms with Crippen LogP contribution in [0, 0.1) is 0 Å². The average molecular weight is 267 g/mol. The van der Waals surface area contributed by atoms with Crippen LogP contribution in [0.1, 0.15) is 12.5 Å². The van der Waals surface area contributed by atoms with Crippen molar-refractivity contribution in [1.82, 2.24) is 5.32 Å². The molecule has 0 bridgehead atoms. The first-order chi connectivity index (χ1) is 8.95. The largest absolute Gasteiger partial charge is 0.496 e. The van der Waals surface area contributed by atoms with Crippen molar-refractivity contribution in [2.75, 3.05) is 7.11 Å². The van der Waals surface area contributed by atoms with Crippen molar-refractivity contribution in [3.05, 3.63) is 29.8 Å². The summed E-state index contributed by atoms with van der Waals surface area (Å²) < 4.78 is 5.10. The molecule has 0 spiro atoms. The maximum absolute atomic E-state index is 11.8. The predicted octanol–water partition coefficient (Wildman–Crippen LogP) is 0.188. The molecular formula is C13H17NO5. The molecule has 1 amide bonds. The molecular weight excluding hydrogens is 250 g/mol. The first kappa shape index (κ1) is 15.0. The van der Waals surface area contributed by atoms with Gasteiger partial charge in [-0.25, -0.2) is 4.79 Å². The Kier molecular flexibility index (Phi) is 5.32. The van der Waals surface area contributed by atoms with E-state index in [0.717, 1.165) is 0 Å². The molecule has 1 rings (SSSR count). The number of aliphatic hydroxyl groups excluding tert-OH is 1. The zero-order valence-electron chi connectivity index (χ0n) is 10.8. The summed E-state index contributed by atoms with van der Waals surface area (Å²) >= 11 is 0. The maximum atomic E-state index is 11.8. The number of carboxylic acids is 1. The average Bonchev–Trinajstić information content (AvgIpc) is 2.36. The number of aliphatic carboxylic acids is 1. The van der Waals surface area contributed by atoms with Crippen LogP contribution in [0.15, 0.2) is 24.3 Å². The van der Waals surface area contributed by atoms with Gasteiger partial charge in [0.15, 0.2) is 6.04 Å². The van der Waals surface area contributed by atoms with Crippen LogP contribution < -0.4 is 10.1 Å². The molecule has 2 atom stereocenters. The van der Waals surface area contributed by atoms with E-state index in [2.05, 4.69) is 5.32 Å². The van der Waals surface area contributed by atoms with Gasteiger partial charge < -0.3 is 20.3 Å². The summed E-state index contributed by atoms with van der Waals surface area (Å²) in [5.41, 5.74) is 0.650. The SMILES string of the molecule is COc1ccccc1CC(=O)NC(C(=O)O)C(C)O. The molecule has 0 aliphatic heterocycles. The molecule has 1 aromatic carbocycles. The highest BCUT2D eigenvalue weighted by Crippen LogP contribution is 2.17. The highest BCUT2D eigenvalue weighted by molar-refractivity contribution is 5.85. The van der Waals surface area contributed by atoms with Gasteiger partial charge in [-0.15, -0.1) is 0 Å². The predicted molar refractivity (Wildman–Crippen MR) is 67.9 cm³/mol. The maximum Gasteiger partial charge on any atom is 0.328 e. The fourth-order valence-corrected chi connectivity index (χ4v) is 1.64.